The highest BCUT2D eigenvalue weighted by Crippen LogP contribution is 2.13. The molecule has 0 aliphatic rings. The summed E-state index contributed by atoms with van der Waals surface area (Å²) in [5.74, 6) is 0. The molecular formula is C24H40N4O2S. The fourth-order valence-corrected chi connectivity index (χ4v) is 3.60. The average Bonchev–Trinajstić information content (AvgIpc) is 2.76. The van der Waals surface area contributed by atoms with Crippen molar-refractivity contribution in [1.29, 1.82) is 0 Å². The summed E-state index contributed by atoms with van der Waals surface area (Å²) in [5.41, 5.74) is 3.44. The van der Waals surface area contributed by atoms with Crippen LogP contribution in [0, 0.1) is 10.1 Å². The molecule has 0 saturated heterocycles. The van der Waals surface area contributed by atoms with Gasteiger partial charge in [-0.2, -0.15) is 5.10 Å². The van der Waals surface area contributed by atoms with Crippen molar-refractivity contribution in [1.82, 2.24) is 10.7 Å². The van der Waals surface area contributed by atoms with Crippen LogP contribution in [-0.4, -0.2) is 22.8 Å². The molecule has 0 bridgehead atoms. The van der Waals surface area contributed by atoms with Crippen LogP contribution >= 0.6 is 12.2 Å². The number of nitrogens with one attached hydrogen (secondary N) is 2. The Morgan fingerprint density at radius 3 is 2.06 bits per heavy atom. The molecule has 0 amide bonds. The molecule has 1 aromatic rings. The Labute approximate surface area is 193 Å². The van der Waals surface area contributed by atoms with Crippen LogP contribution in [0.15, 0.2) is 29.4 Å². The van der Waals surface area contributed by atoms with Crippen molar-refractivity contribution in [2.45, 2.75) is 96.8 Å². The average molecular weight is 449 g/mol. The van der Waals surface area contributed by atoms with Crippen LogP contribution in [0.5, 0.6) is 0 Å². The van der Waals surface area contributed by atoms with Gasteiger partial charge in [-0.1, -0.05) is 103 Å². The zero-order valence-electron chi connectivity index (χ0n) is 19.1. The third-order valence-electron chi connectivity index (χ3n) is 5.28. The van der Waals surface area contributed by atoms with Crippen LogP contribution in [-0.2, 0) is 0 Å². The Hall–Kier alpha value is -2.02. The molecule has 0 heterocycles. The summed E-state index contributed by atoms with van der Waals surface area (Å²) >= 11 is 5.19. The first-order chi connectivity index (χ1) is 15.1. The Kier molecular flexibility index (Phi) is 16.3. The van der Waals surface area contributed by atoms with Crippen molar-refractivity contribution in [3.63, 3.8) is 0 Å². The van der Waals surface area contributed by atoms with E-state index in [1.54, 1.807) is 12.1 Å². The minimum Gasteiger partial charge on any atom is -0.361 e. The van der Waals surface area contributed by atoms with Gasteiger partial charge in [0.25, 0.3) is 5.69 Å². The smallest absolute Gasteiger partial charge is 0.270 e. The number of unbranched alkanes of at least 4 members (excludes halogenated alkanes) is 13. The molecule has 1 aromatic carbocycles. The SMILES string of the molecule is CCCCCCCCCCCCCCCCNC(=S)N/N=C\c1cccc([N+](=O)[O-])c1. The number of nitro benzene ring substituents is 1. The fraction of sp³-hybridized carbons (Fsp3) is 0.667. The van der Waals surface area contributed by atoms with Crippen molar-refractivity contribution in [3.8, 4) is 0 Å². The maximum Gasteiger partial charge on any atom is 0.270 e. The predicted molar refractivity (Wildman–Crippen MR) is 135 cm³/mol. The summed E-state index contributed by atoms with van der Waals surface area (Å²) in [6.45, 7) is 3.10. The van der Waals surface area contributed by atoms with E-state index in [1.807, 2.05) is 0 Å². The number of hydrogen-bond donors (Lipinski definition) is 2. The van der Waals surface area contributed by atoms with E-state index in [2.05, 4.69) is 22.8 Å². The molecule has 31 heavy (non-hydrogen) atoms. The van der Waals surface area contributed by atoms with Crippen molar-refractivity contribution in [2.75, 3.05) is 6.54 Å². The van der Waals surface area contributed by atoms with Crippen LogP contribution in [0.2, 0.25) is 0 Å². The number of benzene rings is 1. The molecule has 2 N–H and O–H groups in total. The van der Waals surface area contributed by atoms with E-state index in [-0.39, 0.29) is 5.69 Å². The van der Waals surface area contributed by atoms with Gasteiger partial charge in [-0.3, -0.25) is 15.5 Å². The molecule has 0 fully saturated rings. The molecule has 0 saturated carbocycles. The summed E-state index contributed by atoms with van der Waals surface area (Å²) < 4.78 is 0. The number of nitro groups is 1. The third kappa shape index (κ3) is 15.4. The summed E-state index contributed by atoms with van der Waals surface area (Å²) in [6, 6.07) is 6.30. The maximum absolute atomic E-state index is 10.8. The number of thiocarbonyl (C=S) groups is 1. The van der Waals surface area contributed by atoms with Gasteiger partial charge in [0, 0.05) is 24.2 Å². The lowest BCUT2D eigenvalue weighted by Crippen LogP contribution is -2.32. The van der Waals surface area contributed by atoms with Crippen LogP contribution < -0.4 is 10.7 Å². The number of hydrogen-bond acceptors (Lipinski definition) is 4. The van der Waals surface area contributed by atoms with E-state index >= 15 is 0 Å². The van der Waals surface area contributed by atoms with E-state index in [9.17, 15) is 10.1 Å². The van der Waals surface area contributed by atoms with E-state index in [0.717, 1.165) is 13.0 Å². The second-order valence-electron chi connectivity index (χ2n) is 8.07. The summed E-state index contributed by atoms with van der Waals surface area (Å²) in [4.78, 5) is 10.3. The molecule has 0 aromatic heterocycles. The third-order valence-corrected chi connectivity index (χ3v) is 5.51. The number of rotatable bonds is 18. The molecule has 174 valence electrons. The molecule has 1 rings (SSSR count). The minimum absolute atomic E-state index is 0.0439. The first kappa shape index (κ1) is 27.0. The molecule has 0 spiro atoms. The van der Waals surface area contributed by atoms with Gasteiger partial charge in [0.15, 0.2) is 5.11 Å². The second-order valence-corrected chi connectivity index (χ2v) is 8.48. The molecule has 0 atom stereocenters. The van der Waals surface area contributed by atoms with Crippen LogP contribution in [0.25, 0.3) is 0 Å². The summed E-state index contributed by atoms with van der Waals surface area (Å²) in [5, 5.41) is 18.4. The summed E-state index contributed by atoms with van der Waals surface area (Å²) in [6.07, 6.45) is 20.4. The van der Waals surface area contributed by atoms with Gasteiger partial charge in [0.2, 0.25) is 0 Å². The van der Waals surface area contributed by atoms with Crippen LogP contribution in [0.4, 0.5) is 5.69 Å². The van der Waals surface area contributed by atoms with E-state index in [0.29, 0.717) is 10.7 Å². The van der Waals surface area contributed by atoms with Gasteiger partial charge in [-0.25, -0.2) is 0 Å². The van der Waals surface area contributed by atoms with Gasteiger partial charge in [0.1, 0.15) is 0 Å². The van der Waals surface area contributed by atoms with E-state index in [1.165, 1.54) is 102 Å². The lowest BCUT2D eigenvalue weighted by molar-refractivity contribution is -0.384. The Morgan fingerprint density at radius 2 is 1.52 bits per heavy atom. The number of non-ortho nitro benzene ring substituents is 1. The number of hydrazone groups is 1. The zero-order valence-corrected chi connectivity index (χ0v) is 19.9. The van der Waals surface area contributed by atoms with E-state index < -0.39 is 4.92 Å². The lowest BCUT2D eigenvalue weighted by Gasteiger charge is -2.07. The monoisotopic (exact) mass is 448 g/mol. The highest BCUT2D eigenvalue weighted by molar-refractivity contribution is 7.80. The van der Waals surface area contributed by atoms with Crippen molar-refractivity contribution in [2.24, 2.45) is 5.10 Å². The summed E-state index contributed by atoms with van der Waals surface area (Å²) in [7, 11) is 0. The molecule has 0 unspecified atom stereocenters. The maximum atomic E-state index is 10.8. The van der Waals surface area contributed by atoms with Crippen molar-refractivity contribution >= 4 is 29.2 Å². The van der Waals surface area contributed by atoms with Crippen molar-refractivity contribution < 1.29 is 4.92 Å². The standard InChI is InChI=1S/C24H40N4O2S/c1-2-3-4-5-6-7-8-9-10-11-12-13-14-15-19-25-24(31)27-26-21-22-17-16-18-23(20-22)28(29)30/h16-18,20-21H,2-15,19H2,1H3,(H2,25,27,31)/b26-21-. The van der Waals surface area contributed by atoms with Crippen LogP contribution in [0.3, 0.4) is 0 Å². The topological polar surface area (TPSA) is 79.6 Å². The fourth-order valence-electron chi connectivity index (χ4n) is 3.45. The molecule has 0 aliphatic heterocycles. The lowest BCUT2D eigenvalue weighted by atomic mass is 10.0. The highest BCUT2D eigenvalue weighted by Gasteiger charge is 2.03. The van der Waals surface area contributed by atoms with E-state index in [4.69, 9.17) is 12.2 Å². The second kappa shape index (κ2) is 18.7. The van der Waals surface area contributed by atoms with Crippen molar-refractivity contribution in [3.05, 3.63) is 39.9 Å². The Morgan fingerprint density at radius 1 is 0.968 bits per heavy atom. The molecule has 7 heteroatoms. The van der Waals surface area contributed by atoms with Gasteiger partial charge in [0.05, 0.1) is 11.1 Å². The van der Waals surface area contributed by atoms with Gasteiger partial charge >= 0.3 is 0 Å². The molecule has 6 nitrogen and oxygen atoms in total. The molecule has 0 radical (unpaired) electrons. The Bertz CT molecular complexity index is 652. The molecular weight excluding hydrogens is 408 g/mol. The first-order valence-electron chi connectivity index (χ1n) is 11.9. The molecule has 0 aliphatic carbocycles. The van der Waals surface area contributed by atoms with Gasteiger partial charge in [-0.15, -0.1) is 0 Å². The minimum atomic E-state index is -0.423. The normalized spacial score (nSPS) is 11.0. The van der Waals surface area contributed by atoms with Gasteiger partial charge in [-0.05, 0) is 18.6 Å². The Balaban J connectivity index is 1.91. The predicted octanol–water partition coefficient (Wildman–Crippen LogP) is 6.87. The highest BCUT2D eigenvalue weighted by atomic mass is 32.1. The first-order valence-corrected chi connectivity index (χ1v) is 12.4. The quantitative estimate of drug-likeness (QED) is 0.0841. The zero-order chi connectivity index (χ0) is 22.6. The van der Waals surface area contributed by atoms with Crippen LogP contribution in [0.1, 0.15) is 102 Å². The number of nitrogens with zero attached hydrogens (tertiary/aromatic N) is 2. The van der Waals surface area contributed by atoms with Gasteiger partial charge < -0.3 is 5.32 Å². The largest absolute Gasteiger partial charge is 0.361 e.